The van der Waals surface area contributed by atoms with Crippen LogP contribution in [0.1, 0.15) is 16.3 Å². The molecule has 31 heavy (non-hydrogen) atoms. The minimum Gasteiger partial charge on any atom is -0.378 e. The Labute approximate surface area is 186 Å². The smallest absolute Gasteiger partial charge is 0.275 e. The lowest BCUT2D eigenvalue weighted by molar-refractivity contribution is 0.122. The SMILES string of the molecule is Cc1cc(=O)n2nc(CSc3nnc(N4CCOCC4)n3-c3ccccc3C)sc2n1. The third-order valence-corrected chi connectivity index (χ3v) is 7.04. The fourth-order valence-electron chi connectivity index (χ4n) is 3.49. The molecule has 160 valence electrons. The summed E-state index contributed by atoms with van der Waals surface area (Å²) in [5.74, 6) is 1.39. The molecule has 0 bridgehead atoms. The van der Waals surface area contributed by atoms with Crippen molar-refractivity contribution < 1.29 is 4.74 Å². The molecular weight excluding hydrogens is 434 g/mol. The summed E-state index contributed by atoms with van der Waals surface area (Å²) in [5.41, 5.74) is 2.73. The molecule has 3 aromatic heterocycles. The second-order valence-electron chi connectivity index (χ2n) is 7.22. The molecule has 1 saturated heterocycles. The number of fused-ring (bicyclic) bond motifs is 1. The summed E-state index contributed by atoms with van der Waals surface area (Å²) in [7, 11) is 0. The molecule has 5 rings (SSSR count). The average molecular weight is 456 g/mol. The van der Waals surface area contributed by atoms with Crippen LogP contribution in [0.25, 0.3) is 10.6 Å². The van der Waals surface area contributed by atoms with E-state index in [0.29, 0.717) is 29.6 Å². The molecule has 0 N–H and O–H groups in total. The van der Waals surface area contributed by atoms with Gasteiger partial charge in [-0.3, -0.25) is 9.36 Å². The Kier molecular flexibility index (Phi) is 5.47. The molecule has 1 aliphatic heterocycles. The van der Waals surface area contributed by atoms with Crippen LogP contribution >= 0.6 is 23.1 Å². The van der Waals surface area contributed by atoms with E-state index in [0.717, 1.165) is 40.5 Å². The van der Waals surface area contributed by atoms with Gasteiger partial charge >= 0.3 is 0 Å². The van der Waals surface area contributed by atoms with Crippen molar-refractivity contribution in [1.82, 2.24) is 29.4 Å². The quantitative estimate of drug-likeness (QED) is 0.424. The zero-order chi connectivity index (χ0) is 21.4. The van der Waals surface area contributed by atoms with Crippen molar-refractivity contribution >= 4 is 34.0 Å². The van der Waals surface area contributed by atoms with Crippen molar-refractivity contribution in [3.63, 3.8) is 0 Å². The van der Waals surface area contributed by atoms with Gasteiger partial charge in [-0.1, -0.05) is 41.3 Å². The van der Waals surface area contributed by atoms with E-state index in [2.05, 4.69) is 48.8 Å². The molecule has 1 aromatic carbocycles. The lowest BCUT2D eigenvalue weighted by Crippen LogP contribution is -2.38. The predicted molar refractivity (Wildman–Crippen MR) is 121 cm³/mol. The molecule has 0 unspecified atom stereocenters. The number of thioether (sulfide) groups is 1. The minimum atomic E-state index is -0.160. The van der Waals surface area contributed by atoms with Crippen LogP contribution < -0.4 is 10.5 Å². The van der Waals surface area contributed by atoms with E-state index < -0.39 is 0 Å². The van der Waals surface area contributed by atoms with Crippen molar-refractivity contribution in [3.05, 3.63) is 57.0 Å². The highest BCUT2D eigenvalue weighted by atomic mass is 32.2. The van der Waals surface area contributed by atoms with Crippen molar-refractivity contribution in [3.8, 4) is 5.69 Å². The molecule has 0 aliphatic carbocycles. The highest BCUT2D eigenvalue weighted by Crippen LogP contribution is 2.31. The topological polar surface area (TPSA) is 90.4 Å². The van der Waals surface area contributed by atoms with Crippen LogP contribution in [-0.4, -0.2) is 55.7 Å². The largest absolute Gasteiger partial charge is 0.378 e. The number of para-hydroxylation sites is 1. The summed E-state index contributed by atoms with van der Waals surface area (Å²) in [5, 5.41) is 15.0. The van der Waals surface area contributed by atoms with Crippen molar-refractivity contribution in [2.24, 2.45) is 0 Å². The van der Waals surface area contributed by atoms with Crippen LogP contribution in [0, 0.1) is 13.8 Å². The monoisotopic (exact) mass is 455 g/mol. The molecule has 4 heterocycles. The Balaban J connectivity index is 1.49. The molecular formula is C20H21N7O2S2. The van der Waals surface area contributed by atoms with E-state index in [4.69, 9.17) is 4.74 Å². The van der Waals surface area contributed by atoms with Crippen molar-refractivity contribution in [1.29, 1.82) is 0 Å². The molecule has 9 nitrogen and oxygen atoms in total. The number of hydrogen-bond acceptors (Lipinski definition) is 9. The van der Waals surface area contributed by atoms with Gasteiger partial charge in [0.15, 0.2) is 5.16 Å². The summed E-state index contributed by atoms with van der Waals surface area (Å²) < 4.78 is 8.97. The van der Waals surface area contributed by atoms with E-state index in [1.54, 1.807) is 11.8 Å². The van der Waals surface area contributed by atoms with E-state index in [1.165, 1.54) is 21.9 Å². The van der Waals surface area contributed by atoms with Gasteiger partial charge in [0.05, 0.1) is 24.7 Å². The zero-order valence-corrected chi connectivity index (χ0v) is 18.8. The molecule has 1 aliphatic rings. The number of ether oxygens (including phenoxy) is 1. The Morgan fingerprint density at radius 3 is 2.77 bits per heavy atom. The van der Waals surface area contributed by atoms with Crippen LogP contribution in [0.15, 0.2) is 40.3 Å². The van der Waals surface area contributed by atoms with Crippen LogP contribution in [0.3, 0.4) is 0 Å². The van der Waals surface area contributed by atoms with Crippen LogP contribution in [0.5, 0.6) is 0 Å². The summed E-state index contributed by atoms with van der Waals surface area (Å²) in [6.45, 7) is 6.81. The van der Waals surface area contributed by atoms with E-state index in [-0.39, 0.29) is 5.56 Å². The van der Waals surface area contributed by atoms with Crippen molar-refractivity contribution in [2.75, 3.05) is 31.2 Å². The standard InChI is InChI=1S/C20H21N7O2S2/c1-13-5-3-4-6-15(13)26-18(25-7-9-29-10-8-25)22-23-20(26)30-12-16-24-27-17(28)11-14(2)21-19(27)31-16/h3-6,11H,7-10,12H2,1-2H3. The van der Waals surface area contributed by atoms with Gasteiger partial charge in [0.1, 0.15) is 5.01 Å². The van der Waals surface area contributed by atoms with Gasteiger partial charge in [0.2, 0.25) is 10.9 Å². The maximum Gasteiger partial charge on any atom is 0.275 e. The molecule has 0 amide bonds. The summed E-state index contributed by atoms with van der Waals surface area (Å²) in [4.78, 5) is 19.4. The third-order valence-electron chi connectivity index (χ3n) is 5.01. The highest BCUT2D eigenvalue weighted by molar-refractivity contribution is 7.98. The Morgan fingerprint density at radius 1 is 1.16 bits per heavy atom. The first-order chi connectivity index (χ1) is 15.1. The number of benzene rings is 1. The average Bonchev–Trinajstić information content (AvgIpc) is 3.37. The lowest BCUT2D eigenvalue weighted by atomic mass is 10.2. The van der Waals surface area contributed by atoms with Gasteiger partial charge in [0, 0.05) is 24.8 Å². The van der Waals surface area contributed by atoms with Gasteiger partial charge in [-0.05, 0) is 25.5 Å². The van der Waals surface area contributed by atoms with Crippen LogP contribution in [0.4, 0.5) is 5.95 Å². The molecule has 0 radical (unpaired) electrons. The predicted octanol–water partition coefficient (Wildman–Crippen LogP) is 2.48. The second-order valence-corrected chi connectivity index (χ2v) is 9.20. The summed E-state index contributed by atoms with van der Waals surface area (Å²) in [6.07, 6.45) is 0. The molecule has 0 spiro atoms. The van der Waals surface area contributed by atoms with Crippen molar-refractivity contribution in [2.45, 2.75) is 24.8 Å². The fraction of sp³-hybridized carbons (Fsp3) is 0.350. The van der Waals surface area contributed by atoms with Gasteiger partial charge in [-0.15, -0.1) is 10.2 Å². The molecule has 0 atom stereocenters. The van der Waals surface area contributed by atoms with E-state index in [1.807, 2.05) is 19.1 Å². The molecule has 4 aromatic rings. The maximum absolute atomic E-state index is 12.2. The van der Waals surface area contributed by atoms with E-state index in [9.17, 15) is 4.79 Å². The fourth-order valence-corrected chi connectivity index (χ4v) is 5.36. The zero-order valence-electron chi connectivity index (χ0n) is 17.2. The van der Waals surface area contributed by atoms with Gasteiger partial charge in [-0.25, -0.2) is 4.98 Å². The molecule has 11 heteroatoms. The highest BCUT2D eigenvalue weighted by Gasteiger charge is 2.23. The number of hydrogen-bond donors (Lipinski definition) is 0. The first-order valence-corrected chi connectivity index (χ1v) is 11.7. The number of anilines is 1. The van der Waals surface area contributed by atoms with Crippen LogP contribution in [0.2, 0.25) is 0 Å². The number of aryl methyl sites for hydroxylation is 2. The number of aromatic nitrogens is 6. The summed E-state index contributed by atoms with van der Waals surface area (Å²) in [6, 6.07) is 9.71. The first-order valence-electron chi connectivity index (χ1n) is 9.93. The second kappa shape index (κ2) is 8.40. The van der Waals surface area contributed by atoms with Gasteiger partial charge in [0.25, 0.3) is 5.56 Å². The number of nitrogens with zero attached hydrogens (tertiary/aromatic N) is 7. The third kappa shape index (κ3) is 3.95. The van der Waals surface area contributed by atoms with Gasteiger partial charge in [-0.2, -0.15) is 9.61 Å². The van der Waals surface area contributed by atoms with Gasteiger partial charge < -0.3 is 9.64 Å². The normalized spacial score (nSPS) is 14.5. The Morgan fingerprint density at radius 2 is 1.97 bits per heavy atom. The van der Waals surface area contributed by atoms with E-state index >= 15 is 0 Å². The Bertz CT molecular complexity index is 1290. The lowest BCUT2D eigenvalue weighted by Gasteiger charge is -2.28. The number of rotatable bonds is 5. The maximum atomic E-state index is 12.2. The first kappa shape index (κ1) is 20.2. The molecule has 0 saturated carbocycles. The minimum absolute atomic E-state index is 0.160. The number of morpholine rings is 1. The Hall–Kier alpha value is -2.76. The summed E-state index contributed by atoms with van der Waals surface area (Å²) >= 11 is 2.97. The molecule has 1 fully saturated rings. The van der Waals surface area contributed by atoms with Crippen LogP contribution in [-0.2, 0) is 10.5 Å².